The second-order valence-electron chi connectivity index (χ2n) is 9.19. The number of carbonyl (C=O) groups excluding carboxylic acids is 1. The van der Waals surface area contributed by atoms with Crippen molar-refractivity contribution in [1.29, 1.82) is 0 Å². The molecule has 0 aromatic rings. The number of hydrogen-bond donors (Lipinski definition) is 7. The molecule has 7 N–H and O–H groups in total. The molecule has 15 nitrogen and oxygen atoms in total. The van der Waals surface area contributed by atoms with Gasteiger partial charge in [0, 0.05) is 25.0 Å². The lowest BCUT2D eigenvalue weighted by Crippen LogP contribution is -2.67. The van der Waals surface area contributed by atoms with Gasteiger partial charge in [0.25, 0.3) is 0 Å². The van der Waals surface area contributed by atoms with E-state index >= 15 is 0 Å². The summed E-state index contributed by atoms with van der Waals surface area (Å²) in [7, 11) is 0. The van der Waals surface area contributed by atoms with E-state index in [4.69, 9.17) is 24.5 Å². The Morgan fingerprint density at radius 1 is 0.892 bits per heavy atom. The molecule has 2 fully saturated rings. The van der Waals surface area contributed by atoms with Crippen molar-refractivity contribution in [3.05, 3.63) is 10.4 Å². The van der Waals surface area contributed by atoms with Gasteiger partial charge in [0.15, 0.2) is 12.6 Å². The van der Waals surface area contributed by atoms with Crippen LogP contribution in [0.2, 0.25) is 0 Å². The van der Waals surface area contributed by atoms with Crippen molar-refractivity contribution in [3.63, 3.8) is 0 Å². The molecule has 2 aliphatic heterocycles. The normalized spacial score (nSPS) is 36.1. The summed E-state index contributed by atoms with van der Waals surface area (Å²) >= 11 is 0. The highest BCUT2D eigenvalue weighted by Crippen LogP contribution is 2.29. The summed E-state index contributed by atoms with van der Waals surface area (Å²) in [6, 6.07) is -1.09. The molecule has 10 atom stereocenters. The Morgan fingerprint density at radius 2 is 1.51 bits per heavy atom. The maximum absolute atomic E-state index is 11.8. The largest absolute Gasteiger partial charge is 0.394 e. The lowest BCUT2D eigenvalue weighted by atomic mass is 9.95. The maximum atomic E-state index is 11.8. The molecule has 0 aromatic carbocycles. The number of carbonyl (C=O) groups is 1. The van der Waals surface area contributed by atoms with Crippen LogP contribution in [0.1, 0.15) is 45.4 Å². The summed E-state index contributed by atoms with van der Waals surface area (Å²) in [5.41, 5.74) is 8.26. The van der Waals surface area contributed by atoms with Crippen LogP contribution in [0, 0.1) is 0 Å². The van der Waals surface area contributed by atoms with Crippen molar-refractivity contribution < 1.29 is 54.4 Å². The van der Waals surface area contributed by atoms with Crippen LogP contribution in [0.15, 0.2) is 5.11 Å². The third-order valence-electron chi connectivity index (χ3n) is 6.36. The first-order valence-electron chi connectivity index (χ1n) is 12.5. The molecule has 2 rings (SSSR count). The number of azide groups is 1. The molecule has 0 saturated carbocycles. The number of unbranched alkanes of at least 4 members (excludes halogenated alkanes) is 5. The fraction of sp³-hybridized carbons (Fsp3) is 0.955. The predicted molar refractivity (Wildman–Crippen MR) is 126 cm³/mol. The van der Waals surface area contributed by atoms with Crippen LogP contribution in [0.3, 0.4) is 0 Å². The van der Waals surface area contributed by atoms with Crippen LogP contribution < -0.4 is 5.32 Å². The van der Waals surface area contributed by atoms with E-state index in [0.29, 0.717) is 13.0 Å². The number of aliphatic hydroxyl groups is 6. The van der Waals surface area contributed by atoms with Gasteiger partial charge in [0.2, 0.25) is 5.91 Å². The van der Waals surface area contributed by atoms with Gasteiger partial charge >= 0.3 is 0 Å². The molecule has 0 radical (unpaired) electrons. The van der Waals surface area contributed by atoms with Crippen LogP contribution >= 0.6 is 0 Å². The Bertz CT molecular complexity index is 727. The molecule has 15 heteroatoms. The molecule has 0 aliphatic carbocycles. The first-order valence-corrected chi connectivity index (χ1v) is 12.5. The van der Waals surface area contributed by atoms with E-state index in [1.165, 1.54) is 6.92 Å². The molecular weight excluding hydrogens is 496 g/mol. The quantitative estimate of drug-likeness (QED) is 0.0545. The molecule has 37 heavy (non-hydrogen) atoms. The highest BCUT2D eigenvalue weighted by atomic mass is 16.7. The van der Waals surface area contributed by atoms with Gasteiger partial charge in [-0.25, -0.2) is 0 Å². The third kappa shape index (κ3) is 9.26. The second-order valence-corrected chi connectivity index (χ2v) is 9.19. The summed E-state index contributed by atoms with van der Waals surface area (Å²) < 4.78 is 22.6. The first-order chi connectivity index (χ1) is 17.7. The summed E-state index contributed by atoms with van der Waals surface area (Å²) in [5.74, 6) is -0.476. The Balaban J connectivity index is 1.94. The molecule has 2 aliphatic rings. The zero-order valence-corrected chi connectivity index (χ0v) is 20.9. The molecule has 0 spiro atoms. The van der Waals surface area contributed by atoms with E-state index < -0.39 is 80.5 Å². The SMILES string of the molecule is CC(=O)NC1[C@H](OCCCCCCCCN=[N+]=[N-])OC(CO)[C@@H](O[C@@H]2OC(CO)[C@H](O)[C@H](O)C2O)[C@@H]1O. The highest BCUT2D eigenvalue weighted by molar-refractivity contribution is 5.73. The van der Waals surface area contributed by atoms with E-state index in [9.17, 15) is 35.4 Å². The van der Waals surface area contributed by atoms with E-state index in [0.717, 1.165) is 32.1 Å². The number of amides is 1. The molecular formula is C22H40N4O11. The van der Waals surface area contributed by atoms with E-state index in [-0.39, 0.29) is 6.61 Å². The Labute approximate surface area is 214 Å². The molecule has 4 unspecified atom stereocenters. The fourth-order valence-electron chi connectivity index (χ4n) is 4.34. The predicted octanol–water partition coefficient (Wildman–Crippen LogP) is -1.58. The molecule has 214 valence electrons. The standard InChI is InChI=1S/C22H40N4O11/c1-12(29)25-15-17(31)20(37-22-19(33)18(32)16(30)13(10-27)35-22)14(11-28)36-21(15)34-9-7-5-3-2-4-6-8-24-26-23/h13-22,27-28,30-33H,2-11H2,1H3,(H,25,29)/t13?,14?,15?,16-,17+,18-,19?,20+,21+,22-/m0/s1. The monoisotopic (exact) mass is 536 g/mol. The minimum atomic E-state index is -1.73. The molecule has 0 bridgehead atoms. The van der Waals surface area contributed by atoms with Crippen molar-refractivity contribution in [2.75, 3.05) is 26.4 Å². The van der Waals surface area contributed by atoms with Crippen LogP contribution in [-0.2, 0) is 23.7 Å². The number of hydrogen-bond acceptors (Lipinski definition) is 12. The van der Waals surface area contributed by atoms with Crippen molar-refractivity contribution >= 4 is 5.91 Å². The van der Waals surface area contributed by atoms with Gasteiger partial charge in [-0.2, -0.15) is 0 Å². The Hall–Kier alpha value is -1.62. The minimum Gasteiger partial charge on any atom is -0.394 e. The van der Waals surface area contributed by atoms with Gasteiger partial charge < -0.3 is 54.9 Å². The molecule has 1 amide bonds. The summed E-state index contributed by atoms with van der Waals surface area (Å²) in [6.07, 6.45) is -7.58. The van der Waals surface area contributed by atoms with Gasteiger partial charge in [-0.3, -0.25) is 4.79 Å². The van der Waals surface area contributed by atoms with Crippen LogP contribution in [0.25, 0.3) is 10.4 Å². The minimum absolute atomic E-state index is 0.266. The van der Waals surface area contributed by atoms with Gasteiger partial charge in [0.1, 0.15) is 48.8 Å². The second kappa shape index (κ2) is 16.4. The zero-order chi connectivity index (χ0) is 27.4. The first kappa shape index (κ1) is 31.6. The Kier molecular flexibility index (Phi) is 14.0. The van der Waals surface area contributed by atoms with Crippen LogP contribution in [0.5, 0.6) is 0 Å². The van der Waals surface area contributed by atoms with Crippen LogP contribution in [0.4, 0.5) is 0 Å². The number of nitrogens with zero attached hydrogens (tertiary/aromatic N) is 3. The van der Waals surface area contributed by atoms with Gasteiger partial charge in [-0.05, 0) is 18.4 Å². The van der Waals surface area contributed by atoms with Crippen molar-refractivity contribution in [3.8, 4) is 0 Å². The number of aliphatic hydroxyl groups excluding tert-OH is 6. The van der Waals surface area contributed by atoms with Crippen LogP contribution in [-0.4, -0.2) is 124 Å². The number of ether oxygens (including phenoxy) is 4. The fourth-order valence-corrected chi connectivity index (χ4v) is 4.34. The van der Waals surface area contributed by atoms with Crippen molar-refractivity contribution in [2.24, 2.45) is 5.11 Å². The van der Waals surface area contributed by atoms with Crippen molar-refractivity contribution in [2.45, 2.75) is 107 Å². The molecule has 2 heterocycles. The lowest BCUT2D eigenvalue weighted by molar-refractivity contribution is -0.348. The summed E-state index contributed by atoms with van der Waals surface area (Å²) in [4.78, 5) is 14.5. The smallest absolute Gasteiger partial charge is 0.217 e. The van der Waals surface area contributed by atoms with E-state index in [1.807, 2.05) is 0 Å². The topological polar surface area (TPSA) is 236 Å². The number of rotatable bonds is 15. The third-order valence-corrected chi connectivity index (χ3v) is 6.36. The summed E-state index contributed by atoms with van der Waals surface area (Å²) in [5, 5.41) is 66.6. The van der Waals surface area contributed by atoms with E-state index in [2.05, 4.69) is 15.3 Å². The molecule has 0 aromatic heterocycles. The highest BCUT2D eigenvalue weighted by Gasteiger charge is 2.51. The molecule has 2 saturated heterocycles. The lowest BCUT2D eigenvalue weighted by Gasteiger charge is -2.47. The zero-order valence-electron chi connectivity index (χ0n) is 20.9. The van der Waals surface area contributed by atoms with Gasteiger partial charge in [-0.15, -0.1) is 0 Å². The Morgan fingerprint density at radius 3 is 2.14 bits per heavy atom. The van der Waals surface area contributed by atoms with Crippen molar-refractivity contribution in [1.82, 2.24) is 5.32 Å². The van der Waals surface area contributed by atoms with Gasteiger partial charge in [-0.1, -0.05) is 30.8 Å². The number of nitrogens with one attached hydrogen (secondary N) is 1. The summed E-state index contributed by atoms with van der Waals surface area (Å²) in [6.45, 7) is 0.721. The maximum Gasteiger partial charge on any atom is 0.217 e. The average molecular weight is 537 g/mol. The average Bonchev–Trinajstić information content (AvgIpc) is 2.88. The van der Waals surface area contributed by atoms with E-state index in [1.54, 1.807) is 0 Å². The van der Waals surface area contributed by atoms with Gasteiger partial charge in [0.05, 0.1) is 13.2 Å².